The number of hydrogen-bond acceptors (Lipinski definition) is 1. The molecule has 0 aliphatic heterocycles. The summed E-state index contributed by atoms with van der Waals surface area (Å²) in [6.45, 7) is 15.4. The van der Waals surface area contributed by atoms with E-state index in [1.807, 2.05) is 19.9 Å². The highest BCUT2D eigenvalue weighted by Gasteiger charge is 2.25. The summed E-state index contributed by atoms with van der Waals surface area (Å²) >= 11 is 0. The van der Waals surface area contributed by atoms with Crippen LogP contribution in [0.25, 0.3) is 99.8 Å². The van der Waals surface area contributed by atoms with Crippen LogP contribution >= 0.6 is 0 Å². The molecule has 1 nitrogen and oxygen atoms in total. The number of allylic oxidation sites excluding steroid dienone is 6. The normalized spacial score (nSPS) is 12.9. The van der Waals surface area contributed by atoms with Crippen molar-refractivity contribution in [2.24, 2.45) is 0 Å². The SMILES string of the molecule is CC.CC1=CCC=C(c2cccc3c2Cc2ccccc2-3)C=C1c1cc(-c2cccc(-c3ccccc3C)c2C)cc(-c2ccccc2-c2cc(-c3cccc4c3oc3ccccc34)ccc2C)c1C. The van der Waals surface area contributed by atoms with Crippen LogP contribution in [0.3, 0.4) is 0 Å². The topological polar surface area (TPSA) is 13.1 Å². The molecule has 0 bridgehead atoms. The Morgan fingerprint density at radius 3 is 1.77 bits per heavy atom. The number of para-hydroxylation sites is 2. The zero-order chi connectivity index (χ0) is 48.0. The van der Waals surface area contributed by atoms with Crippen molar-refractivity contribution >= 4 is 33.1 Å². The first kappa shape index (κ1) is 44.5. The van der Waals surface area contributed by atoms with Gasteiger partial charge in [-0.05, 0) is 200 Å². The third kappa shape index (κ3) is 7.67. The Balaban J connectivity index is 0.00000263. The van der Waals surface area contributed by atoms with Crippen molar-refractivity contribution in [3.63, 3.8) is 0 Å². The fourth-order valence-electron chi connectivity index (χ4n) is 11.3. The van der Waals surface area contributed by atoms with Crippen molar-refractivity contribution in [3.8, 4) is 66.8 Å². The molecule has 9 aromatic carbocycles. The molecule has 0 radical (unpaired) electrons. The first-order chi connectivity index (χ1) is 34.3. The lowest BCUT2D eigenvalue weighted by molar-refractivity contribution is 0.670. The van der Waals surface area contributed by atoms with E-state index in [9.17, 15) is 0 Å². The molecule has 0 unspecified atom stereocenters. The summed E-state index contributed by atoms with van der Waals surface area (Å²) in [6, 6.07) is 67.1. The molecule has 12 rings (SSSR count). The predicted molar refractivity (Wildman–Crippen MR) is 300 cm³/mol. The molecular weight excluding hydrogens is 845 g/mol. The van der Waals surface area contributed by atoms with Crippen LogP contribution in [0.2, 0.25) is 0 Å². The molecule has 0 saturated carbocycles. The second-order valence-corrected chi connectivity index (χ2v) is 18.9. The molecule has 0 saturated heterocycles. The van der Waals surface area contributed by atoms with Crippen molar-refractivity contribution in [2.75, 3.05) is 0 Å². The lowest BCUT2D eigenvalue weighted by Crippen LogP contribution is -1.99. The molecule has 1 heteroatoms. The van der Waals surface area contributed by atoms with Gasteiger partial charge >= 0.3 is 0 Å². The molecule has 1 aromatic heterocycles. The fourth-order valence-corrected chi connectivity index (χ4v) is 11.3. The molecule has 0 fully saturated rings. The first-order valence-electron chi connectivity index (χ1n) is 25.0. The fraction of sp³-hybridized carbons (Fsp3) is 0.130. The second-order valence-electron chi connectivity index (χ2n) is 18.9. The van der Waals surface area contributed by atoms with E-state index in [1.165, 1.54) is 117 Å². The van der Waals surface area contributed by atoms with Crippen LogP contribution in [-0.4, -0.2) is 0 Å². The molecule has 2 aliphatic carbocycles. The largest absolute Gasteiger partial charge is 0.455 e. The summed E-state index contributed by atoms with van der Waals surface area (Å²) in [4.78, 5) is 0. The van der Waals surface area contributed by atoms with Crippen molar-refractivity contribution in [1.82, 2.24) is 0 Å². The second kappa shape index (κ2) is 18.5. The van der Waals surface area contributed by atoms with Gasteiger partial charge in [0.15, 0.2) is 0 Å². The van der Waals surface area contributed by atoms with Gasteiger partial charge in [-0.2, -0.15) is 0 Å². The van der Waals surface area contributed by atoms with E-state index in [4.69, 9.17) is 4.42 Å². The zero-order valence-electron chi connectivity index (χ0n) is 41.4. The van der Waals surface area contributed by atoms with E-state index in [-0.39, 0.29) is 0 Å². The molecule has 70 heavy (non-hydrogen) atoms. The highest BCUT2D eigenvalue weighted by Crippen LogP contribution is 2.47. The Labute approximate surface area is 413 Å². The molecule has 0 N–H and O–H groups in total. The minimum atomic E-state index is 0.876. The van der Waals surface area contributed by atoms with Crippen LogP contribution in [0.4, 0.5) is 0 Å². The smallest absolute Gasteiger partial charge is 0.143 e. The minimum absolute atomic E-state index is 0.876. The lowest BCUT2D eigenvalue weighted by atomic mass is 9.82. The van der Waals surface area contributed by atoms with Gasteiger partial charge < -0.3 is 4.42 Å². The molecule has 2 aliphatic rings. The summed E-state index contributed by atoms with van der Waals surface area (Å²) in [6.07, 6.45) is 9.16. The summed E-state index contributed by atoms with van der Waals surface area (Å²) < 4.78 is 6.58. The Morgan fingerprint density at radius 2 is 0.957 bits per heavy atom. The maximum Gasteiger partial charge on any atom is 0.143 e. The molecule has 340 valence electrons. The summed E-state index contributed by atoms with van der Waals surface area (Å²) in [7, 11) is 0. The quantitative estimate of drug-likeness (QED) is 0.155. The van der Waals surface area contributed by atoms with E-state index in [0.29, 0.717) is 0 Å². The van der Waals surface area contributed by atoms with Crippen molar-refractivity contribution in [2.45, 2.75) is 61.3 Å². The van der Waals surface area contributed by atoms with Crippen LogP contribution in [0.1, 0.15) is 71.7 Å². The van der Waals surface area contributed by atoms with Gasteiger partial charge in [0.05, 0.1) is 0 Å². The maximum atomic E-state index is 6.58. The number of benzene rings is 9. The number of furan rings is 1. The van der Waals surface area contributed by atoms with Gasteiger partial charge in [-0.25, -0.2) is 0 Å². The summed E-state index contributed by atoms with van der Waals surface area (Å²) in [5.74, 6) is 0. The Hall–Kier alpha value is -8.00. The molecular formula is C69H58O. The van der Waals surface area contributed by atoms with E-state index >= 15 is 0 Å². The number of fused-ring (bicyclic) bond motifs is 6. The van der Waals surface area contributed by atoms with Gasteiger partial charge in [-0.3, -0.25) is 0 Å². The van der Waals surface area contributed by atoms with Crippen LogP contribution in [0, 0.1) is 27.7 Å². The van der Waals surface area contributed by atoms with E-state index < -0.39 is 0 Å². The monoisotopic (exact) mass is 902 g/mol. The van der Waals surface area contributed by atoms with Crippen molar-refractivity contribution in [3.05, 3.63) is 250 Å². The van der Waals surface area contributed by atoms with Crippen LogP contribution in [0.15, 0.2) is 210 Å². The number of rotatable bonds is 7. The van der Waals surface area contributed by atoms with Crippen LogP contribution in [-0.2, 0) is 6.42 Å². The van der Waals surface area contributed by atoms with Gasteiger partial charge in [-0.15, -0.1) is 0 Å². The third-order valence-electron chi connectivity index (χ3n) is 14.9. The minimum Gasteiger partial charge on any atom is -0.455 e. The van der Waals surface area contributed by atoms with Gasteiger partial charge in [0.1, 0.15) is 11.2 Å². The van der Waals surface area contributed by atoms with Gasteiger partial charge in [0.2, 0.25) is 0 Å². The zero-order valence-corrected chi connectivity index (χ0v) is 41.4. The van der Waals surface area contributed by atoms with Gasteiger partial charge in [-0.1, -0.05) is 184 Å². The van der Waals surface area contributed by atoms with E-state index in [1.54, 1.807) is 0 Å². The molecule has 0 atom stereocenters. The molecule has 0 amide bonds. The Kier molecular flexibility index (Phi) is 11.8. The molecule has 10 aromatic rings. The molecule has 1 heterocycles. The Morgan fingerprint density at radius 1 is 0.386 bits per heavy atom. The van der Waals surface area contributed by atoms with E-state index in [2.05, 4.69) is 229 Å². The summed E-state index contributed by atoms with van der Waals surface area (Å²) in [5.41, 5.74) is 31.0. The maximum absolute atomic E-state index is 6.58. The lowest BCUT2D eigenvalue weighted by Gasteiger charge is -2.22. The average molecular weight is 903 g/mol. The highest BCUT2D eigenvalue weighted by atomic mass is 16.3. The highest BCUT2D eigenvalue weighted by molar-refractivity contribution is 6.10. The number of aryl methyl sites for hydroxylation is 2. The predicted octanol–water partition coefficient (Wildman–Crippen LogP) is 19.6. The Bertz CT molecular complexity index is 3790. The average Bonchev–Trinajstić information content (AvgIpc) is 3.91. The third-order valence-corrected chi connectivity index (χ3v) is 14.9. The van der Waals surface area contributed by atoms with Crippen molar-refractivity contribution in [1.29, 1.82) is 0 Å². The first-order valence-corrected chi connectivity index (χ1v) is 25.0. The molecule has 0 spiro atoms. The van der Waals surface area contributed by atoms with E-state index in [0.717, 1.165) is 45.9 Å². The van der Waals surface area contributed by atoms with Gasteiger partial charge in [0.25, 0.3) is 0 Å². The van der Waals surface area contributed by atoms with Crippen LogP contribution < -0.4 is 0 Å². The van der Waals surface area contributed by atoms with Gasteiger partial charge in [0, 0.05) is 16.3 Å². The number of hydrogen-bond donors (Lipinski definition) is 0. The standard InChI is InChI=1S/C67H52O.C2H6/c1-41-18-6-8-22-50(41)52-28-15-27-51(44(52)4)49-39-63(45(5)64(40-49)62-36-47(21-14-19-42(62)2)54-29-16-31-56-53-23-9-7-20-46(53)38-65(54)56)58-25-11-10-24-57(58)61-37-48(35-34-43(61)3)55-30-17-32-60-59-26-12-13-33-66(59)68-67(55)60;1-2/h6-13,15-37,39-40H,14,38H2,1-5H3;1-2H3. The van der Waals surface area contributed by atoms with Crippen molar-refractivity contribution < 1.29 is 4.42 Å². The summed E-state index contributed by atoms with van der Waals surface area (Å²) in [5, 5.41) is 2.28. The van der Waals surface area contributed by atoms with Crippen LogP contribution in [0.5, 0.6) is 0 Å².